The predicted molar refractivity (Wildman–Crippen MR) is 62.3 cm³/mol. The molecule has 16 heavy (non-hydrogen) atoms. The second kappa shape index (κ2) is 3.73. The largest absolute Gasteiger partial charge is 0.478 e. The molecule has 0 atom stereocenters. The zero-order valence-corrected chi connectivity index (χ0v) is 8.82. The first-order chi connectivity index (χ1) is 7.61. The summed E-state index contributed by atoms with van der Waals surface area (Å²) in [6, 6.07) is 9.51. The summed E-state index contributed by atoms with van der Waals surface area (Å²) in [5.74, 6) is -0.808. The van der Waals surface area contributed by atoms with Crippen LogP contribution in [0, 0.1) is 6.92 Å². The van der Waals surface area contributed by atoms with E-state index in [1.807, 2.05) is 30.3 Å². The molecule has 0 unspecified atom stereocenters. The number of nitrogens with one attached hydrogen (secondary N) is 1. The molecule has 0 saturated carbocycles. The van der Waals surface area contributed by atoms with Crippen molar-refractivity contribution < 1.29 is 9.90 Å². The van der Waals surface area contributed by atoms with E-state index in [1.54, 1.807) is 6.92 Å². The molecule has 82 valence electrons. The minimum Gasteiger partial charge on any atom is -0.478 e. The van der Waals surface area contributed by atoms with Crippen molar-refractivity contribution in [2.24, 2.45) is 0 Å². The van der Waals surface area contributed by atoms with E-state index in [1.165, 1.54) is 0 Å². The van der Waals surface area contributed by atoms with Gasteiger partial charge in [0.15, 0.2) is 0 Å². The van der Waals surface area contributed by atoms with Crippen molar-refractivity contribution in [2.75, 3.05) is 5.73 Å². The van der Waals surface area contributed by atoms with Gasteiger partial charge in [-0.2, -0.15) is 0 Å². The number of hydrogen-bond donors (Lipinski definition) is 3. The summed E-state index contributed by atoms with van der Waals surface area (Å²) >= 11 is 0. The molecule has 0 fully saturated rings. The highest BCUT2D eigenvalue weighted by Gasteiger charge is 2.18. The Morgan fingerprint density at radius 1 is 1.31 bits per heavy atom. The Hall–Kier alpha value is -2.23. The van der Waals surface area contributed by atoms with Gasteiger partial charge in [-0.3, -0.25) is 0 Å². The SMILES string of the molecule is Cc1c(-c2ccccc2)[nH]c(N)c1C(=O)O. The number of carboxylic acids is 1. The number of aromatic nitrogens is 1. The molecule has 2 rings (SSSR count). The third kappa shape index (κ3) is 1.54. The van der Waals surface area contributed by atoms with Crippen LogP contribution in [-0.4, -0.2) is 16.1 Å². The van der Waals surface area contributed by atoms with E-state index >= 15 is 0 Å². The van der Waals surface area contributed by atoms with Gasteiger partial charge < -0.3 is 15.8 Å². The van der Waals surface area contributed by atoms with Crippen LogP contribution in [-0.2, 0) is 0 Å². The fourth-order valence-electron chi connectivity index (χ4n) is 1.79. The van der Waals surface area contributed by atoms with Gasteiger partial charge >= 0.3 is 5.97 Å². The number of aromatic amines is 1. The fourth-order valence-corrected chi connectivity index (χ4v) is 1.79. The summed E-state index contributed by atoms with van der Waals surface area (Å²) in [5, 5.41) is 9.01. The molecule has 0 aliphatic rings. The van der Waals surface area contributed by atoms with Gasteiger partial charge in [-0.25, -0.2) is 4.79 Å². The molecule has 1 heterocycles. The Morgan fingerprint density at radius 3 is 2.44 bits per heavy atom. The van der Waals surface area contributed by atoms with Crippen molar-refractivity contribution >= 4 is 11.8 Å². The maximum Gasteiger partial charge on any atom is 0.339 e. The minimum atomic E-state index is -1.01. The van der Waals surface area contributed by atoms with Crippen molar-refractivity contribution in [3.05, 3.63) is 41.5 Å². The van der Waals surface area contributed by atoms with E-state index < -0.39 is 5.97 Å². The highest BCUT2D eigenvalue weighted by Crippen LogP contribution is 2.28. The summed E-state index contributed by atoms with van der Waals surface area (Å²) in [6.07, 6.45) is 0. The number of anilines is 1. The zero-order valence-electron chi connectivity index (χ0n) is 8.82. The third-order valence-electron chi connectivity index (χ3n) is 2.56. The maximum absolute atomic E-state index is 11.0. The molecule has 0 saturated heterocycles. The number of nitrogen functional groups attached to an aromatic ring is 1. The number of carbonyl (C=O) groups is 1. The van der Waals surface area contributed by atoms with Gasteiger partial charge in [-0.05, 0) is 18.1 Å². The highest BCUT2D eigenvalue weighted by molar-refractivity contribution is 5.97. The Kier molecular flexibility index (Phi) is 2.40. The number of hydrogen-bond acceptors (Lipinski definition) is 2. The Bertz CT molecular complexity index is 529. The van der Waals surface area contributed by atoms with Crippen molar-refractivity contribution in [3.8, 4) is 11.3 Å². The molecule has 1 aromatic carbocycles. The lowest BCUT2D eigenvalue weighted by Gasteiger charge is -1.99. The van der Waals surface area contributed by atoms with Crippen molar-refractivity contribution in [1.29, 1.82) is 0 Å². The lowest BCUT2D eigenvalue weighted by Crippen LogP contribution is -2.01. The van der Waals surface area contributed by atoms with E-state index in [-0.39, 0.29) is 11.4 Å². The van der Waals surface area contributed by atoms with Crippen LogP contribution < -0.4 is 5.73 Å². The van der Waals surface area contributed by atoms with E-state index in [9.17, 15) is 4.79 Å². The molecule has 0 aliphatic heterocycles. The summed E-state index contributed by atoms with van der Waals surface area (Å²) in [5.41, 5.74) is 8.15. The molecule has 4 N–H and O–H groups in total. The second-order valence-electron chi connectivity index (χ2n) is 3.58. The Morgan fingerprint density at radius 2 is 1.94 bits per heavy atom. The molecule has 1 aromatic heterocycles. The van der Waals surface area contributed by atoms with Crippen LogP contribution in [0.3, 0.4) is 0 Å². The first-order valence-electron chi connectivity index (χ1n) is 4.88. The third-order valence-corrected chi connectivity index (χ3v) is 2.56. The van der Waals surface area contributed by atoms with Gasteiger partial charge in [-0.1, -0.05) is 30.3 Å². The average Bonchev–Trinajstić information content (AvgIpc) is 2.55. The topological polar surface area (TPSA) is 79.1 Å². The molecule has 4 heteroatoms. The summed E-state index contributed by atoms with van der Waals surface area (Å²) in [6.45, 7) is 1.75. The molecule has 0 radical (unpaired) electrons. The van der Waals surface area contributed by atoms with Crippen LogP contribution in [0.2, 0.25) is 0 Å². The van der Waals surface area contributed by atoms with Gasteiger partial charge in [0.25, 0.3) is 0 Å². The summed E-state index contributed by atoms with van der Waals surface area (Å²) < 4.78 is 0. The summed E-state index contributed by atoms with van der Waals surface area (Å²) in [7, 11) is 0. The lowest BCUT2D eigenvalue weighted by molar-refractivity contribution is 0.0697. The van der Waals surface area contributed by atoms with Crippen LogP contribution in [0.25, 0.3) is 11.3 Å². The molecule has 2 aromatic rings. The molecule has 0 spiro atoms. The van der Waals surface area contributed by atoms with Crippen molar-refractivity contribution in [1.82, 2.24) is 4.98 Å². The number of benzene rings is 1. The van der Waals surface area contributed by atoms with E-state index in [0.717, 1.165) is 11.3 Å². The van der Waals surface area contributed by atoms with E-state index in [2.05, 4.69) is 4.98 Å². The highest BCUT2D eigenvalue weighted by atomic mass is 16.4. The van der Waals surface area contributed by atoms with Crippen molar-refractivity contribution in [2.45, 2.75) is 6.92 Å². The molecule has 4 nitrogen and oxygen atoms in total. The normalized spacial score (nSPS) is 10.3. The monoisotopic (exact) mass is 216 g/mol. The number of aromatic carboxylic acids is 1. The van der Waals surface area contributed by atoms with Crippen LogP contribution in [0.4, 0.5) is 5.82 Å². The second-order valence-corrected chi connectivity index (χ2v) is 3.58. The number of H-pyrrole nitrogens is 1. The van der Waals surface area contributed by atoms with Crippen LogP contribution in [0.5, 0.6) is 0 Å². The van der Waals surface area contributed by atoms with E-state index in [4.69, 9.17) is 10.8 Å². The minimum absolute atomic E-state index is 0.152. The Labute approximate surface area is 92.7 Å². The van der Waals surface area contributed by atoms with Crippen LogP contribution in [0.15, 0.2) is 30.3 Å². The summed E-state index contributed by atoms with van der Waals surface area (Å²) in [4.78, 5) is 13.9. The van der Waals surface area contributed by atoms with Gasteiger partial charge in [-0.15, -0.1) is 0 Å². The molecule has 0 amide bonds. The zero-order chi connectivity index (χ0) is 11.7. The number of nitrogens with two attached hydrogens (primary N) is 1. The molecule has 0 aliphatic carbocycles. The van der Waals surface area contributed by atoms with E-state index in [0.29, 0.717) is 5.56 Å². The maximum atomic E-state index is 11.0. The van der Waals surface area contributed by atoms with Crippen molar-refractivity contribution in [3.63, 3.8) is 0 Å². The smallest absolute Gasteiger partial charge is 0.339 e. The average molecular weight is 216 g/mol. The fraction of sp³-hybridized carbons (Fsp3) is 0.0833. The number of carboxylic acid groups (broad SMARTS) is 1. The lowest BCUT2D eigenvalue weighted by atomic mass is 10.1. The number of rotatable bonds is 2. The van der Waals surface area contributed by atoms with Gasteiger partial charge in [0.05, 0.1) is 5.69 Å². The van der Waals surface area contributed by atoms with Gasteiger partial charge in [0.2, 0.25) is 0 Å². The van der Waals surface area contributed by atoms with Crippen LogP contribution >= 0.6 is 0 Å². The van der Waals surface area contributed by atoms with Crippen LogP contribution in [0.1, 0.15) is 15.9 Å². The molecule has 0 bridgehead atoms. The quantitative estimate of drug-likeness (QED) is 0.720. The predicted octanol–water partition coefficient (Wildman–Crippen LogP) is 2.27. The first-order valence-corrected chi connectivity index (χ1v) is 4.88. The standard InChI is InChI=1S/C12H12N2O2/c1-7-9(12(15)16)11(13)14-10(7)8-5-3-2-4-6-8/h2-6,14H,13H2,1H3,(H,15,16). The Balaban J connectivity index is 2.61. The first kappa shape index (κ1) is 10.3. The van der Waals surface area contributed by atoms with Gasteiger partial charge in [0.1, 0.15) is 11.4 Å². The molecular weight excluding hydrogens is 204 g/mol. The van der Waals surface area contributed by atoms with Gasteiger partial charge in [0, 0.05) is 0 Å². The molecular formula is C12H12N2O2.